The third-order valence-corrected chi connectivity index (χ3v) is 1.47. The Kier molecular flexibility index (Phi) is 5.04. The lowest BCUT2D eigenvalue weighted by Gasteiger charge is -2.11. The minimum absolute atomic E-state index is 0.131. The van der Waals surface area contributed by atoms with Gasteiger partial charge in [0.05, 0.1) is 0 Å². The van der Waals surface area contributed by atoms with E-state index in [2.05, 4.69) is 18.5 Å². The van der Waals surface area contributed by atoms with Crippen LogP contribution in [0.15, 0.2) is 24.8 Å². The molecule has 0 heterocycles. The standard InChI is InChI=1S/C9H15NO2/c1-4-5-10-8(3)6-7(2)9(11)12/h4,8,10H,1-2,5-6H2,3H3,(H,11,12). The van der Waals surface area contributed by atoms with Gasteiger partial charge in [0.2, 0.25) is 0 Å². The van der Waals surface area contributed by atoms with Crippen molar-refractivity contribution >= 4 is 5.97 Å². The van der Waals surface area contributed by atoms with Gasteiger partial charge in [0.25, 0.3) is 0 Å². The van der Waals surface area contributed by atoms with E-state index < -0.39 is 5.97 Å². The Bertz CT molecular complexity index is 187. The highest BCUT2D eigenvalue weighted by Gasteiger charge is 2.07. The highest BCUT2D eigenvalue weighted by Crippen LogP contribution is 2.02. The molecule has 0 saturated carbocycles. The monoisotopic (exact) mass is 169 g/mol. The Hall–Kier alpha value is -1.09. The van der Waals surface area contributed by atoms with Gasteiger partial charge in [0, 0.05) is 18.2 Å². The van der Waals surface area contributed by atoms with E-state index >= 15 is 0 Å². The molecule has 0 rings (SSSR count). The minimum Gasteiger partial charge on any atom is -0.478 e. The maximum Gasteiger partial charge on any atom is 0.331 e. The summed E-state index contributed by atoms with van der Waals surface area (Å²) in [5, 5.41) is 11.6. The maximum atomic E-state index is 10.4. The topological polar surface area (TPSA) is 49.3 Å². The molecule has 0 aliphatic heterocycles. The molecule has 0 amide bonds. The van der Waals surface area contributed by atoms with Crippen molar-refractivity contribution in [2.24, 2.45) is 0 Å². The van der Waals surface area contributed by atoms with Gasteiger partial charge in [-0.1, -0.05) is 12.7 Å². The zero-order valence-electron chi connectivity index (χ0n) is 7.34. The van der Waals surface area contributed by atoms with Crippen molar-refractivity contribution in [2.75, 3.05) is 6.54 Å². The van der Waals surface area contributed by atoms with Gasteiger partial charge in [0.15, 0.2) is 0 Å². The number of hydrogen-bond acceptors (Lipinski definition) is 2. The Morgan fingerprint density at radius 1 is 1.75 bits per heavy atom. The SMILES string of the molecule is C=CCNC(C)CC(=C)C(=O)O. The largest absolute Gasteiger partial charge is 0.478 e. The van der Waals surface area contributed by atoms with E-state index in [9.17, 15) is 4.79 Å². The number of nitrogens with one attached hydrogen (secondary N) is 1. The van der Waals surface area contributed by atoms with Crippen molar-refractivity contribution in [3.05, 3.63) is 24.8 Å². The highest BCUT2D eigenvalue weighted by molar-refractivity contribution is 5.85. The van der Waals surface area contributed by atoms with E-state index in [4.69, 9.17) is 5.11 Å². The van der Waals surface area contributed by atoms with Crippen molar-refractivity contribution in [3.8, 4) is 0 Å². The molecule has 0 spiro atoms. The van der Waals surface area contributed by atoms with Crippen molar-refractivity contribution in [1.82, 2.24) is 5.32 Å². The van der Waals surface area contributed by atoms with Crippen LogP contribution in [0.3, 0.4) is 0 Å². The lowest BCUT2D eigenvalue weighted by Crippen LogP contribution is -2.27. The number of rotatable bonds is 6. The lowest BCUT2D eigenvalue weighted by atomic mass is 10.1. The zero-order valence-corrected chi connectivity index (χ0v) is 7.34. The van der Waals surface area contributed by atoms with Crippen LogP contribution in [0.25, 0.3) is 0 Å². The molecule has 0 aromatic heterocycles. The normalized spacial score (nSPS) is 12.1. The molecule has 0 aromatic rings. The Morgan fingerprint density at radius 3 is 2.75 bits per heavy atom. The van der Waals surface area contributed by atoms with Crippen LogP contribution in [0.2, 0.25) is 0 Å². The van der Waals surface area contributed by atoms with Gasteiger partial charge in [-0.2, -0.15) is 0 Å². The zero-order chi connectivity index (χ0) is 9.56. The van der Waals surface area contributed by atoms with Crippen LogP contribution in [0, 0.1) is 0 Å². The third-order valence-electron chi connectivity index (χ3n) is 1.47. The van der Waals surface area contributed by atoms with Gasteiger partial charge in [-0.05, 0) is 13.3 Å². The molecule has 1 atom stereocenters. The van der Waals surface area contributed by atoms with Crippen molar-refractivity contribution in [3.63, 3.8) is 0 Å². The minimum atomic E-state index is -0.928. The summed E-state index contributed by atoms with van der Waals surface area (Å²) >= 11 is 0. The van der Waals surface area contributed by atoms with Crippen LogP contribution in [0.5, 0.6) is 0 Å². The molecule has 3 nitrogen and oxygen atoms in total. The molecule has 0 saturated heterocycles. The first-order valence-electron chi connectivity index (χ1n) is 3.83. The number of aliphatic carboxylic acids is 1. The summed E-state index contributed by atoms with van der Waals surface area (Å²) in [6.07, 6.45) is 2.20. The molecule has 68 valence electrons. The molecule has 0 fully saturated rings. The second-order valence-electron chi connectivity index (χ2n) is 2.71. The van der Waals surface area contributed by atoms with E-state index in [1.807, 2.05) is 6.92 Å². The van der Waals surface area contributed by atoms with Gasteiger partial charge in [-0.25, -0.2) is 4.79 Å². The average molecular weight is 169 g/mol. The second-order valence-corrected chi connectivity index (χ2v) is 2.71. The second kappa shape index (κ2) is 5.55. The van der Waals surface area contributed by atoms with Gasteiger partial charge in [-0.3, -0.25) is 0 Å². The number of carbonyl (C=O) groups is 1. The molecule has 0 aliphatic rings. The average Bonchev–Trinajstić information content (AvgIpc) is 2.00. The molecule has 0 aromatic carbocycles. The van der Waals surface area contributed by atoms with E-state index in [-0.39, 0.29) is 11.6 Å². The fourth-order valence-electron chi connectivity index (χ4n) is 0.814. The quantitative estimate of drug-likeness (QED) is 0.463. The summed E-state index contributed by atoms with van der Waals surface area (Å²) in [4.78, 5) is 10.4. The highest BCUT2D eigenvalue weighted by atomic mass is 16.4. The summed E-state index contributed by atoms with van der Waals surface area (Å²) in [6, 6.07) is 0.131. The summed E-state index contributed by atoms with van der Waals surface area (Å²) in [6.45, 7) is 9.59. The Balaban J connectivity index is 3.68. The smallest absolute Gasteiger partial charge is 0.331 e. The number of carboxylic acids is 1. The van der Waals surface area contributed by atoms with Crippen molar-refractivity contribution in [1.29, 1.82) is 0 Å². The van der Waals surface area contributed by atoms with Crippen molar-refractivity contribution < 1.29 is 9.90 Å². The Labute approximate surface area is 72.8 Å². The lowest BCUT2D eigenvalue weighted by molar-refractivity contribution is -0.132. The summed E-state index contributed by atoms with van der Waals surface area (Å²) in [5.41, 5.74) is 0.235. The first kappa shape index (κ1) is 10.9. The van der Waals surface area contributed by atoms with Crippen LogP contribution >= 0.6 is 0 Å². The molecule has 3 heteroatoms. The predicted molar refractivity (Wildman–Crippen MR) is 49.1 cm³/mol. The molecule has 0 bridgehead atoms. The molecule has 2 N–H and O–H groups in total. The van der Waals surface area contributed by atoms with Gasteiger partial charge in [0.1, 0.15) is 0 Å². The van der Waals surface area contributed by atoms with Gasteiger partial charge >= 0.3 is 5.97 Å². The third kappa shape index (κ3) is 4.68. The first-order valence-corrected chi connectivity index (χ1v) is 3.83. The predicted octanol–water partition coefficient (Wildman–Crippen LogP) is 1.18. The van der Waals surface area contributed by atoms with Gasteiger partial charge < -0.3 is 10.4 Å². The van der Waals surface area contributed by atoms with Crippen LogP contribution < -0.4 is 5.32 Å². The fraction of sp³-hybridized carbons (Fsp3) is 0.444. The summed E-state index contributed by atoms with van der Waals surface area (Å²) in [5.74, 6) is -0.928. The van der Waals surface area contributed by atoms with Crippen molar-refractivity contribution in [2.45, 2.75) is 19.4 Å². The van der Waals surface area contributed by atoms with Crippen LogP contribution in [0.4, 0.5) is 0 Å². The molecular formula is C9H15NO2. The Morgan fingerprint density at radius 2 is 2.33 bits per heavy atom. The molecule has 12 heavy (non-hydrogen) atoms. The first-order chi connectivity index (χ1) is 5.57. The van der Waals surface area contributed by atoms with Crippen LogP contribution in [-0.2, 0) is 4.79 Å². The van der Waals surface area contributed by atoms with E-state index in [0.717, 1.165) is 0 Å². The number of hydrogen-bond donors (Lipinski definition) is 2. The number of carboxylic acid groups (broad SMARTS) is 1. The fourth-order valence-corrected chi connectivity index (χ4v) is 0.814. The van der Waals surface area contributed by atoms with Crippen LogP contribution in [0.1, 0.15) is 13.3 Å². The molecule has 1 unspecified atom stereocenters. The van der Waals surface area contributed by atoms with Gasteiger partial charge in [-0.15, -0.1) is 6.58 Å². The van der Waals surface area contributed by atoms with Crippen LogP contribution in [-0.4, -0.2) is 23.7 Å². The molecule has 0 radical (unpaired) electrons. The van der Waals surface area contributed by atoms with E-state index in [0.29, 0.717) is 13.0 Å². The summed E-state index contributed by atoms with van der Waals surface area (Å²) in [7, 11) is 0. The maximum absolute atomic E-state index is 10.4. The molecule has 0 aliphatic carbocycles. The van der Waals surface area contributed by atoms with E-state index in [1.165, 1.54) is 0 Å². The molecular weight excluding hydrogens is 154 g/mol. The summed E-state index contributed by atoms with van der Waals surface area (Å²) < 4.78 is 0. The van der Waals surface area contributed by atoms with E-state index in [1.54, 1.807) is 6.08 Å².